The van der Waals surface area contributed by atoms with E-state index >= 15 is 0 Å². The predicted molar refractivity (Wildman–Crippen MR) is 76.4 cm³/mol. The highest BCUT2D eigenvalue weighted by molar-refractivity contribution is 7.99. The lowest BCUT2D eigenvalue weighted by Gasteiger charge is -2.18. The van der Waals surface area contributed by atoms with Crippen LogP contribution in [0.15, 0.2) is 24.3 Å². The summed E-state index contributed by atoms with van der Waals surface area (Å²) in [5.41, 5.74) is 1.23. The third-order valence-corrected chi connectivity index (χ3v) is 4.58. The van der Waals surface area contributed by atoms with Crippen LogP contribution in [0, 0.1) is 0 Å². The van der Waals surface area contributed by atoms with Gasteiger partial charge in [-0.1, -0.05) is 19.1 Å². The van der Waals surface area contributed by atoms with Crippen LogP contribution in [-0.4, -0.2) is 41.9 Å². The Bertz CT molecular complexity index is 369. The average molecular weight is 267 g/mol. The molecule has 3 atom stereocenters. The number of aliphatic hydroxyl groups excluding tert-OH is 1. The SMILES string of the molecule is CCS[C@H]1CN[C@H](Cc2ccc(OC)cc2)[C@@H]1O. The summed E-state index contributed by atoms with van der Waals surface area (Å²) in [5.74, 6) is 1.93. The van der Waals surface area contributed by atoms with E-state index in [0.717, 1.165) is 24.5 Å². The van der Waals surface area contributed by atoms with E-state index < -0.39 is 0 Å². The Morgan fingerprint density at radius 1 is 1.39 bits per heavy atom. The number of methoxy groups -OCH3 is 1. The first-order valence-corrected chi connectivity index (χ1v) is 7.45. The van der Waals surface area contributed by atoms with Crippen LogP contribution in [0.1, 0.15) is 12.5 Å². The first-order chi connectivity index (χ1) is 8.74. The number of rotatable bonds is 5. The van der Waals surface area contributed by atoms with E-state index in [-0.39, 0.29) is 12.1 Å². The minimum atomic E-state index is -0.253. The topological polar surface area (TPSA) is 41.5 Å². The fraction of sp³-hybridized carbons (Fsp3) is 0.571. The van der Waals surface area contributed by atoms with Gasteiger partial charge in [-0.05, 0) is 29.9 Å². The standard InChI is InChI=1S/C14H21NO2S/c1-3-18-13-9-15-12(14(13)16)8-10-4-6-11(17-2)7-5-10/h4-7,12-16H,3,8-9H2,1-2H3/t12-,13+,14+/m1/s1. The summed E-state index contributed by atoms with van der Waals surface area (Å²) in [6, 6.07) is 8.23. The molecule has 2 N–H and O–H groups in total. The lowest BCUT2D eigenvalue weighted by molar-refractivity contribution is 0.163. The summed E-state index contributed by atoms with van der Waals surface area (Å²) < 4.78 is 5.14. The molecule has 0 spiro atoms. The van der Waals surface area contributed by atoms with Crippen molar-refractivity contribution in [3.8, 4) is 5.75 Å². The summed E-state index contributed by atoms with van der Waals surface area (Å²) in [5, 5.41) is 14.0. The van der Waals surface area contributed by atoms with Gasteiger partial charge >= 0.3 is 0 Å². The number of benzene rings is 1. The van der Waals surface area contributed by atoms with Gasteiger partial charge in [0.2, 0.25) is 0 Å². The van der Waals surface area contributed by atoms with Gasteiger partial charge in [0.05, 0.1) is 13.2 Å². The molecule has 0 saturated carbocycles. The molecule has 1 fully saturated rings. The van der Waals surface area contributed by atoms with E-state index in [2.05, 4.69) is 24.4 Å². The van der Waals surface area contributed by atoms with Gasteiger partial charge in [-0.3, -0.25) is 0 Å². The van der Waals surface area contributed by atoms with E-state index in [4.69, 9.17) is 4.74 Å². The number of nitrogens with one attached hydrogen (secondary N) is 1. The van der Waals surface area contributed by atoms with Crippen molar-refractivity contribution in [2.24, 2.45) is 0 Å². The van der Waals surface area contributed by atoms with Crippen LogP contribution in [0.4, 0.5) is 0 Å². The van der Waals surface area contributed by atoms with Gasteiger partial charge in [0.25, 0.3) is 0 Å². The van der Waals surface area contributed by atoms with Crippen molar-refractivity contribution in [2.75, 3.05) is 19.4 Å². The minimum Gasteiger partial charge on any atom is -0.497 e. The Balaban J connectivity index is 1.93. The van der Waals surface area contributed by atoms with Gasteiger partial charge in [-0.15, -0.1) is 0 Å². The quantitative estimate of drug-likeness (QED) is 0.852. The van der Waals surface area contributed by atoms with Crippen LogP contribution >= 0.6 is 11.8 Å². The molecule has 1 aromatic carbocycles. The maximum atomic E-state index is 10.2. The van der Waals surface area contributed by atoms with E-state index in [0.29, 0.717) is 5.25 Å². The number of hydrogen-bond acceptors (Lipinski definition) is 4. The Kier molecular flexibility index (Phi) is 4.92. The molecule has 18 heavy (non-hydrogen) atoms. The van der Waals surface area contributed by atoms with Crippen molar-refractivity contribution in [1.82, 2.24) is 5.32 Å². The third-order valence-electron chi connectivity index (χ3n) is 3.37. The van der Waals surface area contributed by atoms with Gasteiger partial charge < -0.3 is 15.2 Å². The molecule has 1 aliphatic rings. The maximum absolute atomic E-state index is 10.2. The van der Waals surface area contributed by atoms with E-state index in [1.54, 1.807) is 7.11 Å². The second kappa shape index (κ2) is 6.45. The molecule has 0 radical (unpaired) electrons. The molecule has 4 heteroatoms. The molecule has 2 rings (SSSR count). The first-order valence-electron chi connectivity index (χ1n) is 6.40. The first kappa shape index (κ1) is 13.7. The lowest BCUT2D eigenvalue weighted by atomic mass is 10.0. The van der Waals surface area contributed by atoms with Crippen molar-refractivity contribution in [3.63, 3.8) is 0 Å². The number of thioether (sulfide) groups is 1. The van der Waals surface area contributed by atoms with Crippen molar-refractivity contribution < 1.29 is 9.84 Å². The summed E-state index contributed by atoms with van der Waals surface area (Å²) in [6.07, 6.45) is 0.614. The highest BCUT2D eigenvalue weighted by atomic mass is 32.2. The fourth-order valence-corrected chi connectivity index (χ4v) is 3.38. The molecule has 3 nitrogen and oxygen atoms in total. The highest BCUT2D eigenvalue weighted by Gasteiger charge is 2.33. The molecule has 1 saturated heterocycles. The van der Waals surface area contributed by atoms with Crippen molar-refractivity contribution in [2.45, 2.75) is 30.7 Å². The molecule has 100 valence electrons. The Morgan fingerprint density at radius 2 is 2.11 bits per heavy atom. The van der Waals surface area contributed by atoms with E-state index in [1.807, 2.05) is 23.9 Å². The summed E-state index contributed by atoms with van der Waals surface area (Å²) in [4.78, 5) is 0. The smallest absolute Gasteiger partial charge is 0.118 e. The fourth-order valence-electron chi connectivity index (χ4n) is 2.35. The molecule has 0 amide bonds. The molecular weight excluding hydrogens is 246 g/mol. The van der Waals surface area contributed by atoms with Gasteiger partial charge in [0, 0.05) is 17.8 Å². The van der Waals surface area contributed by atoms with Crippen LogP contribution in [0.25, 0.3) is 0 Å². The summed E-state index contributed by atoms with van der Waals surface area (Å²) in [6.45, 7) is 3.04. The Labute approximate surface area is 113 Å². The average Bonchev–Trinajstić information content (AvgIpc) is 2.73. The van der Waals surface area contributed by atoms with Crippen molar-refractivity contribution in [3.05, 3.63) is 29.8 Å². The normalized spacial score (nSPS) is 27.4. The molecule has 0 aliphatic carbocycles. The van der Waals surface area contributed by atoms with Gasteiger partial charge in [0.15, 0.2) is 0 Å². The molecule has 1 heterocycles. The van der Waals surface area contributed by atoms with Crippen molar-refractivity contribution in [1.29, 1.82) is 0 Å². The molecule has 0 unspecified atom stereocenters. The lowest BCUT2D eigenvalue weighted by Crippen LogP contribution is -2.34. The van der Waals surface area contributed by atoms with Crippen LogP contribution < -0.4 is 10.1 Å². The summed E-state index contributed by atoms with van der Waals surface area (Å²) in [7, 11) is 1.67. The van der Waals surface area contributed by atoms with Gasteiger partial charge in [-0.25, -0.2) is 0 Å². The highest BCUT2D eigenvalue weighted by Crippen LogP contribution is 2.24. The summed E-state index contributed by atoms with van der Waals surface area (Å²) >= 11 is 1.83. The second-order valence-electron chi connectivity index (χ2n) is 4.55. The zero-order valence-electron chi connectivity index (χ0n) is 10.9. The van der Waals surface area contributed by atoms with E-state index in [9.17, 15) is 5.11 Å². The van der Waals surface area contributed by atoms with Gasteiger partial charge in [0.1, 0.15) is 5.75 Å². The third kappa shape index (κ3) is 3.19. The Hall–Kier alpha value is -0.710. The van der Waals surface area contributed by atoms with Crippen molar-refractivity contribution >= 4 is 11.8 Å². The van der Waals surface area contributed by atoms with Crippen LogP contribution in [0.5, 0.6) is 5.75 Å². The van der Waals surface area contributed by atoms with Crippen LogP contribution in [-0.2, 0) is 6.42 Å². The zero-order chi connectivity index (χ0) is 13.0. The van der Waals surface area contributed by atoms with E-state index in [1.165, 1.54) is 5.56 Å². The zero-order valence-corrected chi connectivity index (χ0v) is 11.7. The Morgan fingerprint density at radius 3 is 2.72 bits per heavy atom. The molecular formula is C14H21NO2S. The molecule has 0 aromatic heterocycles. The van der Waals surface area contributed by atoms with Crippen LogP contribution in [0.2, 0.25) is 0 Å². The van der Waals surface area contributed by atoms with Crippen LogP contribution in [0.3, 0.4) is 0 Å². The number of aliphatic hydroxyl groups is 1. The minimum absolute atomic E-state index is 0.169. The monoisotopic (exact) mass is 267 g/mol. The second-order valence-corrected chi connectivity index (χ2v) is 6.07. The number of hydrogen-bond donors (Lipinski definition) is 2. The number of ether oxygens (including phenoxy) is 1. The molecule has 1 aromatic rings. The predicted octanol–water partition coefficient (Wildman–Crippen LogP) is 1.69. The maximum Gasteiger partial charge on any atom is 0.118 e. The largest absolute Gasteiger partial charge is 0.497 e. The molecule has 1 aliphatic heterocycles. The molecule has 0 bridgehead atoms. The van der Waals surface area contributed by atoms with Gasteiger partial charge in [-0.2, -0.15) is 11.8 Å².